The highest BCUT2D eigenvalue weighted by Gasteiger charge is 2.32. The molecule has 0 bridgehead atoms. The second-order valence-corrected chi connectivity index (χ2v) is 9.35. The maximum Gasteiger partial charge on any atom is 0.0434 e. The van der Waals surface area contributed by atoms with E-state index in [9.17, 15) is 0 Å². The summed E-state index contributed by atoms with van der Waals surface area (Å²) in [5.41, 5.74) is 2.74. The summed E-state index contributed by atoms with van der Waals surface area (Å²) in [6.07, 6.45) is 19.1. The molecular formula is C25H41N. The molecule has 0 N–H and O–H groups in total. The number of rotatable bonds is 7. The zero-order valence-corrected chi connectivity index (χ0v) is 17.6. The molecule has 1 nitrogen and oxygen atoms in total. The van der Waals surface area contributed by atoms with Crippen LogP contribution in [-0.2, 0) is 6.42 Å². The largest absolute Gasteiger partial charge is 0.261 e. The van der Waals surface area contributed by atoms with Gasteiger partial charge in [0.05, 0.1) is 0 Å². The van der Waals surface area contributed by atoms with Crippen molar-refractivity contribution in [1.29, 1.82) is 0 Å². The molecule has 2 saturated carbocycles. The van der Waals surface area contributed by atoms with Crippen LogP contribution >= 0.6 is 0 Å². The summed E-state index contributed by atoms with van der Waals surface area (Å²) in [5, 5.41) is 0. The minimum atomic E-state index is 0.631. The van der Waals surface area contributed by atoms with E-state index in [2.05, 4.69) is 39.1 Å². The fourth-order valence-corrected chi connectivity index (χ4v) is 5.66. The maximum absolute atomic E-state index is 4.83. The smallest absolute Gasteiger partial charge is 0.0434 e. The van der Waals surface area contributed by atoms with Gasteiger partial charge in [0.25, 0.3) is 0 Å². The van der Waals surface area contributed by atoms with Crippen LogP contribution in [0.1, 0.15) is 109 Å². The Labute approximate surface area is 162 Å². The number of nitrogens with zero attached hydrogens (tertiary/aromatic N) is 1. The highest BCUT2D eigenvalue weighted by Crippen LogP contribution is 2.44. The van der Waals surface area contributed by atoms with Crippen LogP contribution in [0.4, 0.5) is 0 Å². The standard InChI is InChI=1S/C25H41N/c1-4-6-7-21-10-17-25(26-18-21)19(3)22-13-15-24(16-14-22)23-11-8-20(5-2)9-12-23/h10,17-20,22-24H,4-9,11-16H2,1-3H3. The van der Waals surface area contributed by atoms with E-state index < -0.39 is 0 Å². The molecule has 0 radical (unpaired) electrons. The first-order chi connectivity index (χ1) is 12.7. The average Bonchev–Trinajstić information content (AvgIpc) is 2.72. The van der Waals surface area contributed by atoms with E-state index in [1.165, 1.54) is 88.3 Å². The molecule has 1 aromatic rings. The molecule has 2 aliphatic rings. The maximum atomic E-state index is 4.83. The Morgan fingerprint density at radius 2 is 1.58 bits per heavy atom. The topological polar surface area (TPSA) is 12.9 Å². The molecular weight excluding hydrogens is 314 g/mol. The number of hydrogen-bond acceptors (Lipinski definition) is 1. The first-order valence-electron chi connectivity index (χ1n) is 11.7. The molecule has 3 rings (SSSR count). The lowest BCUT2D eigenvalue weighted by atomic mass is 9.67. The van der Waals surface area contributed by atoms with E-state index in [1.54, 1.807) is 0 Å². The van der Waals surface area contributed by atoms with Gasteiger partial charge in [0.15, 0.2) is 0 Å². The molecule has 0 amide bonds. The first-order valence-corrected chi connectivity index (χ1v) is 11.7. The lowest BCUT2D eigenvalue weighted by molar-refractivity contribution is 0.138. The van der Waals surface area contributed by atoms with Crippen molar-refractivity contribution in [1.82, 2.24) is 4.98 Å². The Morgan fingerprint density at radius 1 is 0.923 bits per heavy atom. The van der Waals surface area contributed by atoms with Gasteiger partial charge in [-0.1, -0.05) is 52.5 Å². The lowest BCUT2D eigenvalue weighted by Gasteiger charge is -2.39. The molecule has 1 aromatic heterocycles. The molecule has 2 fully saturated rings. The van der Waals surface area contributed by atoms with Crippen LogP contribution in [0.15, 0.2) is 18.3 Å². The van der Waals surface area contributed by atoms with Crippen molar-refractivity contribution in [3.8, 4) is 0 Å². The molecule has 0 aliphatic heterocycles. The molecule has 0 aromatic carbocycles. The van der Waals surface area contributed by atoms with E-state index in [0.29, 0.717) is 5.92 Å². The highest BCUT2D eigenvalue weighted by molar-refractivity contribution is 5.17. The molecule has 146 valence electrons. The Kier molecular flexibility index (Phi) is 7.58. The van der Waals surface area contributed by atoms with Crippen LogP contribution in [0.2, 0.25) is 0 Å². The van der Waals surface area contributed by atoms with Gasteiger partial charge in [0.1, 0.15) is 0 Å². The summed E-state index contributed by atoms with van der Waals surface area (Å²) in [6, 6.07) is 4.64. The van der Waals surface area contributed by atoms with Gasteiger partial charge < -0.3 is 0 Å². The fourth-order valence-electron chi connectivity index (χ4n) is 5.66. The summed E-state index contributed by atoms with van der Waals surface area (Å²) >= 11 is 0. The molecule has 26 heavy (non-hydrogen) atoms. The Morgan fingerprint density at radius 3 is 2.12 bits per heavy atom. The van der Waals surface area contributed by atoms with E-state index in [-0.39, 0.29) is 0 Å². The number of unbranched alkanes of at least 4 members (excludes halogenated alkanes) is 1. The molecule has 0 saturated heterocycles. The van der Waals surface area contributed by atoms with Crippen molar-refractivity contribution >= 4 is 0 Å². The van der Waals surface area contributed by atoms with Crippen molar-refractivity contribution in [2.75, 3.05) is 0 Å². The van der Waals surface area contributed by atoms with Gasteiger partial charge in [-0.05, 0) is 86.7 Å². The summed E-state index contributed by atoms with van der Waals surface area (Å²) in [5.74, 6) is 4.60. The number of aryl methyl sites for hydroxylation is 1. The molecule has 1 heteroatoms. The predicted molar refractivity (Wildman–Crippen MR) is 112 cm³/mol. The Hall–Kier alpha value is -0.850. The van der Waals surface area contributed by atoms with Crippen LogP contribution in [0.3, 0.4) is 0 Å². The third-order valence-corrected chi connectivity index (χ3v) is 7.79. The van der Waals surface area contributed by atoms with Crippen molar-refractivity contribution in [3.63, 3.8) is 0 Å². The SMILES string of the molecule is CCCCc1ccc(C(C)C2CCC(C3CCC(CC)CC3)CC2)nc1. The van der Waals surface area contributed by atoms with E-state index >= 15 is 0 Å². The lowest BCUT2D eigenvalue weighted by Crippen LogP contribution is -2.27. The minimum absolute atomic E-state index is 0.631. The van der Waals surface area contributed by atoms with Gasteiger partial charge in [-0.3, -0.25) is 4.98 Å². The highest BCUT2D eigenvalue weighted by atomic mass is 14.7. The summed E-state index contributed by atoms with van der Waals surface area (Å²) < 4.78 is 0. The van der Waals surface area contributed by atoms with Crippen LogP contribution in [-0.4, -0.2) is 4.98 Å². The van der Waals surface area contributed by atoms with Crippen molar-refractivity contribution in [2.45, 2.75) is 104 Å². The van der Waals surface area contributed by atoms with Crippen LogP contribution in [0.5, 0.6) is 0 Å². The van der Waals surface area contributed by atoms with Crippen molar-refractivity contribution in [2.24, 2.45) is 23.7 Å². The van der Waals surface area contributed by atoms with Crippen LogP contribution in [0.25, 0.3) is 0 Å². The van der Waals surface area contributed by atoms with Crippen LogP contribution < -0.4 is 0 Å². The zero-order chi connectivity index (χ0) is 18.4. The van der Waals surface area contributed by atoms with E-state index in [1.807, 2.05) is 0 Å². The summed E-state index contributed by atoms with van der Waals surface area (Å²) in [4.78, 5) is 4.83. The third-order valence-electron chi connectivity index (χ3n) is 7.79. The number of pyridine rings is 1. The zero-order valence-electron chi connectivity index (χ0n) is 17.6. The molecule has 0 spiro atoms. The molecule has 1 unspecified atom stereocenters. The van der Waals surface area contributed by atoms with Crippen LogP contribution in [0, 0.1) is 23.7 Å². The summed E-state index contributed by atoms with van der Waals surface area (Å²) in [7, 11) is 0. The van der Waals surface area contributed by atoms with Gasteiger partial charge in [-0.15, -0.1) is 0 Å². The van der Waals surface area contributed by atoms with Crippen molar-refractivity contribution in [3.05, 3.63) is 29.6 Å². The molecule has 1 heterocycles. The van der Waals surface area contributed by atoms with Gasteiger partial charge in [0.2, 0.25) is 0 Å². The molecule has 2 aliphatic carbocycles. The van der Waals surface area contributed by atoms with Gasteiger partial charge in [-0.2, -0.15) is 0 Å². The van der Waals surface area contributed by atoms with Gasteiger partial charge in [-0.25, -0.2) is 0 Å². The second-order valence-electron chi connectivity index (χ2n) is 9.35. The van der Waals surface area contributed by atoms with E-state index in [0.717, 1.165) is 23.7 Å². The second kappa shape index (κ2) is 9.90. The third kappa shape index (κ3) is 5.11. The first kappa shape index (κ1) is 19.9. The average molecular weight is 356 g/mol. The monoisotopic (exact) mass is 355 g/mol. The Bertz CT molecular complexity index is 503. The molecule has 1 atom stereocenters. The van der Waals surface area contributed by atoms with E-state index in [4.69, 9.17) is 4.98 Å². The van der Waals surface area contributed by atoms with Gasteiger partial charge >= 0.3 is 0 Å². The summed E-state index contributed by atoms with van der Waals surface area (Å²) in [6.45, 7) is 7.06. The predicted octanol–water partition coefficient (Wildman–Crippen LogP) is 7.55. The number of aromatic nitrogens is 1. The minimum Gasteiger partial charge on any atom is -0.261 e. The fraction of sp³-hybridized carbons (Fsp3) is 0.800. The quantitative estimate of drug-likeness (QED) is 0.492. The van der Waals surface area contributed by atoms with Gasteiger partial charge in [0, 0.05) is 17.8 Å². The Balaban J connectivity index is 1.46. The van der Waals surface area contributed by atoms with Crippen molar-refractivity contribution < 1.29 is 0 Å². The normalized spacial score (nSPS) is 30.9. The number of hydrogen-bond donors (Lipinski definition) is 0.